The fourth-order valence-electron chi connectivity index (χ4n) is 3.89. The van der Waals surface area contributed by atoms with Gasteiger partial charge in [0.25, 0.3) is 0 Å². The van der Waals surface area contributed by atoms with Gasteiger partial charge in [-0.1, -0.05) is 24.6 Å². The molecule has 7 nitrogen and oxygen atoms in total. The maximum absolute atomic E-state index is 12.7. The monoisotopic (exact) mass is 420 g/mol. The standard InChI is InChI=1S/C21H29ClN4O3/c1-17(13-20(28)25-7-5-23(16-27)6-8-25)14-21(29)26-11-9-24(10-12-26)19-4-2-3-18(22)15-19/h2-4,15-17H,5-14H2,1H3. The molecule has 158 valence electrons. The highest BCUT2D eigenvalue weighted by Gasteiger charge is 2.25. The topological polar surface area (TPSA) is 64.2 Å². The Morgan fingerprint density at radius 1 is 0.966 bits per heavy atom. The molecule has 2 aliphatic heterocycles. The van der Waals surface area contributed by atoms with Gasteiger partial charge in [-0.3, -0.25) is 14.4 Å². The molecular weight excluding hydrogens is 392 g/mol. The smallest absolute Gasteiger partial charge is 0.222 e. The second-order valence-electron chi connectivity index (χ2n) is 7.88. The molecule has 0 aromatic heterocycles. The summed E-state index contributed by atoms with van der Waals surface area (Å²) in [6.07, 6.45) is 1.59. The van der Waals surface area contributed by atoms with Crippen LogP contribution in [0.25, 0.3) is 0 Å². The molecule has 0 aliphatic carbocycles. The molecular formula is C21H29ClN4O3. The molecule has 1 aromatic carbocycles. The SMILES string of the molecule is CC(CC(=O)N1CCN(C=O)CC1)CC(=O)N1CCN(c2cccc(Cl)c2)CC1. The highest BCUT2D eigenvalue weighted by molar-refractivity contribution is 6.30. The minimum atomic E-state index is 0.00469. The van der Waals surface area contributed by atoms with Gasteiger partial charge in [-0.25, -0.2) is 0 Å². The quantitative estimate of drug-likeness (QED) is 0.657. The number of piperazine rings is 2. The lowest BCUT2D eigenvalue weighted by atomic mass is 10.0. The number of rotatable bonds is 6. The Morgan fingerprint density at radius 3 is 2.03 bits per heavy atom. The van der Waals surface area contributed by atoms with Crippen molar-refractivity contribution in [1.29, 1.82) is 0 Å². The molecule has 0 N–H and O–H groups in total. The molecule has 1 aromatic rings. The summed E-state index contributed by atoms with van der Waals surface area (Å²) in [5.41, 5.74) is 1.08. The molecule has 2 heterocycles. The van der Waals surface area contributed by atoms with Gasteiger partial charge in [0.2, 0.25) is 18.2 Å². The van der Waals surface area contributed by atoms with Crippen LogP contribution in [-0.4, -0.2) is 85.3 Å². The number of benzene rings is 1. The Morgan fingerprint density at radius 2 is 1.52 bits per heavy atom. The zero-order valence-corrected chi connectivity index (χ0v) is 17.7. The second kappa shape index (κ2) is 9.96. The molecule has 3 amide bonds. The van der Waals surface area contributed by atoms with Crippen molar-refractivity contribution in [3.8, 4) is 0 Å². The lowest BCUT2D eigenvalue weighted by Gasteiger charge is -2.36. The van der Waals surface area contributed by atoms with Gasteiger partial charge in [-0.15, -0.1) is 0 Å². The first-order chi connectivity index (χ1) is 14.0. The van der Waals surface area contributed by atoms with E-state index in [1.807, 2.05) is 36.1 Å². The number of carbonyl (C=O) groups excluding carboxylic acids is 3. The van der Waals surface area contributed by atoms with Gasteiger partial charge >= 0.3 is 0 Å². The summed E-state index contributed by atoms with van der Waals surface area (Å²) in [4.78, 5) is 43.5. The number of amides is 3. The van der Waals surface area contributed by atoms with E-state index in [1.165, 1.54) is 0 Å². The van der Waals surface area contributed by atoms with Crippen molar-refractivity contribution in [1.82, 2.24) is 14.7 Å². The molecule has 29 heavy (non-hydrogen) atoms. The maximum Gasteiger partial charge on any atom is 0.222 e. The molecule has 0 spiro atoms. The predicted octanol–water partition coefficient (Wildman–Crippen LogP) is 1.71. The first kappa shape index (κ1) is 21.4. The van der Waals surface area contributed by atoms with Crippen LogP contribution < -0.4 is 4.90 Å². The summed E-state index contributed by atoms with van der Waals surface area (Å²) >= 11 is 6.07. The van der Waals surface area contributed by atoms with Crippen LogP contribution in [0.3, 0.4) is 0 Å². The van der Waals surface area contributed by atoms with Crippen molar-refractivity contribution in [3.05, 3.63) is 29.3 Å². The normalized spacial score (nSPS) is 18.6. The summed E-state index contributed by atoms with van der Waals surface area (Å²) in [5.74, 6) is 0.188. The van der Waals surface area contributed by atoms with Crippen LogP contribution in [0.15, 0.2) is 24.3 Å². The maximum atomic E-state index is 12.7. The Bertz CT molecular complexity index is 728. The number of halogens is 1. The van der Waals surface area contributed by atoms with E-state index in [-0.39, 0.29) is 17.7 Å². The average Bonchev–Trinajstić information content (AvgIpc) is 2.73. The molecule has 0 radical (unpaired) electrons. The highest BCUT2D eigenvalue weighted by Crippen LogP contribution is 2.21. The van der Waals surface area contributed by atoms with Crippen molar-refractivity contribution < 1.29 is 14.4 Å². The van der Waals surface area contributed by atoms with E-state index < -0.39 is 0 Å². The van der Waals surface area contributed by atoms with Gasteiger partial charge in [-0.05, 0) is 24.1 Å². The van der Waals surface area contributed by atoms with Gasteiger partial charge < -0.3 is 19.6 Å². The summed E-state index contributed by atoms with van der Waals surface area (Å²) in [6.45, 7) is 7.19. The fraction of sp³-hybridized carbons (Fsp3) is 0.571. The van der Waals surface area contributed by atoms with Crippen molar-refractivity contribution >= 4 is 35.5 Å². The number of carbonyl (C=O) groups is 3. The van der Waals surface area contributed by atoms with Crippen LogP contribution in [0.2, 0.25) is 5.02 Å². The largest absolute Gasteiger partial charge is 0.368 e. The molecule has 0 saturated carbocycles. The van der Waals surface area contributed by atoms with Crippen molar-refractivity contribution in [2.45, 2.75) is 19.8 Å². The van der Waals surface area contributed by atoms with Gasteiger partial charge in [0.15, 0.2) is 0 Å². The Hall–Kier alpha value is -2.28. The lowest BCUT2D eigenvalue weighted by Crippen LogP contribution is -2.49. The van der Waals surface area contributed by atoms with Crippen LogP contribution in [0.4, 0.5) is 5.69 Å². The van der Waals surface area contributed by atoms with Crippen LogP contribution >= 0.6 is 11.6 Å². The molecule has 2 fully saturated rings. The third-order valence-corrected chi connectivity index (χ3v) is 5.90. The van der Waals surface area contributed by atoms with E-state index >= 15 is 0 Å². The van der Waals surface area contributed by atoms with Gasteiger partial charge in [0.05, 0.1) is 0 Å². The first-order valence-corrected chi connectivity index (χ1v) is 10.6. The number of anilines is 1. The zero-order chi connectivity index (χ0) is 20.8. The summed E-state index contributed by atoms with van der Waals surface area (Å²) < 4.78 is 0. The van der Waals surface area contributed by atoms with Crippen molar-refractivity contribution in [2.24, 2.45) is 5.92 Å². The first-order valence-electron chi connectivity index (χ1n) is 10.2. The van der Waals surface area contributed by atoms with E-state index in [4.69, 9.17) is 11.6 Å². The van der Waals surface area contributed by atoms with Crippen LogP contribution in [0.1, 0.15) is 19.8 Å². The van der Waals surface area contributed by atoms with Gasteiger partial charge in [0, 0.05) is 75.9 Å². The molecule has 1 atom stereocenters. The summed E-state index contributed by atoms with van der Waals surface area (Å²) in [5, 5.41) is 0.715. The molecule has 2 aliphatic rings. The molecule has 1 unspecified atom stereocenters. The predicted molar refractivity (Wildman–Crippen MR) is 113 cm³/mol. The van der Waals surface area contributed by atoms with Crippen LogP contribution in [-0.2, 0) is 14.4 Å². The third-order valence-electron chi connectivity index (χ3n) is 5.67. The Labute approximate surface area is 177 Å². The second-order valence-corrected chi connectivity index (χ2v) is 8.32. The molecule has 3 rings (SSSR count). The minimum Gasteiger partial charge on any atom is -0.368 e. The fourth-order valence-corrected chi connectivity index (χ4v) is 4.07. The zero-order valence-electron chi connectivity index (χ0n) is 16.9. The van der Waals surface area contributed by atoms with E-state index in [1.54, 1.807) is 9.80 Å². The van der Waals surface area contributed by atoms with Crippen molar-refractivity contribution in [3.63, 3.8) is 0 Å². The van der Waals surface area contributed by atoms with E-state index in [0.717, 1.165) is 25.2 Å². The average molecular weight is 421 g/mol. The van der Waals surface area contributed by atoms with E-state index in [9.17, 15) is 14.4 Å². The Kier molecular flexibility index (Phi) is 7.36. The summed E-state index contributed by atoms with van der Waals surface area (Å²) in [6, 6.07) is 7.77. The number of nitrogens with zero attached hydrogens (tertiary/aromatic N) is 4. The third kappa shape index (κ3) is 5.85. The number of hydrogen-bond donors (Lipinski definition) is 0. The molecule has 8 heteroatoms. The summed E-state index contributed by atoms with van der Waals surface area (Å²) in [7, 11) is 0. The Balaban J connectivity index is 1.41. The molecule has 0 bridgehead atoms. The van der Waals surface area contributed by atoms with Crippen molar-refractivity contribution in [2.75, 3.05) is 57.3 Å². The highest BCUT2D eigenvalue weighted by atomic mass is 35.5. The minimum absolute atomic E-state index is 0.00469. The molecule has 2 saturated heterocycles. The lowest BCUT2D eigenvalue weighted by molar-refractivity contribution is -0.137. The van der Waals surface area contributed by atoms with Crippen LogP contribution in [0, 0.1) is 5.92 Å². The van der Waals surface area contributed by atoms with Gasteiger partial charge in [0.1, 0.15) is 0 Å². The van der Waals surface area contributed by atoms with Gasteiger partial charge in [-0.2, -0.15) is 0 Å². The van der Waals surface area contributed by atoms with E-state index in [0.29, 0.717) is 57.1 Å². The van der Waals surface area contributed by atoms with Crippen LogP contribution in [0.5, 0.6) is 0 Å². The number of hydrogen-bond acceptors (Lipinski definition) is 4. The van der Waals surface area contributed by atoms with E-state index in [2.05, 4.69) is 4.90 Å².